The molecule has 0 aromatic heterocycles. The normalized spacial score (nSPS) is 31.2. The maximum absolute atomic E-state index is 11.5. The summed E-state index contributed by atoms with van der Waals surface area (Å²) in [5.74, 6) is -0.118. The molecule has 9 heteroatoms. The Balaban J connectivity index is 1.58. The Morgan fingerprint density at radius 2 is 1.86 bits per heavy atom. The zero-order valence-electron chi connectivity index (χ0n) is 16.0. The van der Waals surface area contributed by atoms with E-state index in [0.29, 0.717) is 23.9 Å². The van der Waals surface area contributed by atoms with Gasteiger partial charge < -0.3 is 39.7 Å². The minimum Gasteiger partial charge on any atom is -0.465 e. The lowest BCUT2D eigenvalue weighted by Crippen LogP contribution is -2.64. The number of benzene rings is 1. The summed E-state index contributed by atoms with van der Waals surface area (Å²) in [6, 6.07) is 6.44. The van der Waals surface area contributed by atoms with Crippen LogP contribution in [0.2, 0.25) is 0 Å². The third-order valence-electron chi connectivity index (χ3n) is 5.21. The predicted octanol–water partition coefficient (Wildman–Crippen LogP) is -1.05. The maximum Gasteiger partial charge on any atom is 0.337 e. The van der Waals surface area contributed by atoms with Crippen LogP contribution in [0, 0.1) is 0 Å². The van der Waals surface area contributed by atoms with Gasteiger partial charge in [-0.15, -0.1) is 0 Å². The van der Waals surface area contributed by atoms with Crippen molar-refractivity contribution >= 4 is 5.97 Å². The second kappa shape index (κ2) is 9.17. The van der Waals surface area contributed by atoms with Gasteiger partial charge in [-0.3, -0.25) is 0 Å². The van der Waals surface area contributed by atoms with Gasteiger partial charge in [0.1, 0.15) is 30.2 Å². The molecule has 3 unspecified atom stereocenters. The molecule has 0 saturated carbocycles. The molecule has 2 fully saturated rings. The number of ether oxygens (including phenoxy) is 3. The molecule has 2 heterocycles. The molecule has 0 radical (unpaired) electrons. The summed E-state index contributed by atoms with van der Waals surface area (Å²) < 4.78 is 16.0. The summed E-state index contributed by atoms with van der Waals surface area (Å²) in [5, 5.41) is 33.9. The number of likely N-dealkylation sites (tertiary alicyclic amines) is 1. The van der Waals surface area contributed by atoms with Crippen LogP contribution >= 0.6 is 0 Å². The molecule has 5 atom stereocenters. The van der Waals surface area contributed by atoms with Gasteiger partial charge in [0.2, 0.25) is 6.29 Å². The molecule has 0 bridgehead atoms. The van der Waals surface area contributed by atoms with Crippen LogP contribution in [-0.2, 0) is 9.47 Å². The van der Waals surface area contributed by atoms with E-state index >= 15 is 0 Å². The monoisotopic (exact) mass is 396 g/mol. The third kappa shape index (κ3) is 4.62. The van der Waals surface area contributed by atoms with Gasteiger partial charge >= 0.3 is 5.97 Å². The highest BCUT2D eigenvalue weighted by Gasteiger charge is 2.45. The van der Waals surface area contributed by atoms with Crippen molar-refractivity contribution < 1.29 is 34.3 Å². The first-order chi connectivity index (χ1) is 13.4. The Morgan fingerprint density at radius 1 is 1.18 bits per heavy atom. The summed E-state index contributed by atoms with van der Waals surface area (Å²) in [4.78, 5) is 13.8. The molecule has 2 aliphatic rings. The molecule has 156 valence electrons. The number of nitrogens with one attached hydrogen (secondary N) is 1. The van der Waals surface area contributed by atoms with Crippen LogP contribution in [-0.4, -0.2) is 96.2 Å². The van der Waals surface area contributed by atoms with Gasteiger partial charge in [0, 0.05) is 25.7 Å². The number of hydrogen-bond donors (Lipinski definition) is 4. The van der Waals surface area contributed by atoms with E-state index < -0.39 is 36.7 Å². The molecule has 9 nitrogen and oxygen atoms in total. The Morgan fingerprint density at radius 3 is 2.46 bits per heavy atom. The molecule has 3 rings (SSSR count). The molecule has 28 heavy (non-hydrogen) atoms. The Labute approximate surface area is 163 Å². The highest BCUT2D eigenvalue weighted by molar-refractivity contribution is 5.89. The average molecular weight is 396 g/mol. The van der Waals surface area contributed by atoms with Gasteiger partial charge in [-0.2, -0.15) is 0 Å². The number of carbonyl (C=O) groups excluding carboxylic acids is 1. The van der Waals surface area contributed by atoms with Crippen molar-refractivity contribution in [3.05, 3.63) is 29.8 Å². The summed E-state index contributed by atoms with van der Waals surface area (Å²) >= 11 is 0. The number of methoxy groups -OCH3 is 1. The standard InChI is InChI=1S/C19H28N2O7/c1-3-21-9-12(10-21)20-8-14-15(22)16(23)17(24)19(28-14)27-13-6-4-11(5-7-13)18(25)26-2/h4-7,12,14-17,19-20,22-24H,3,8-10H2,1-2H3/t14?,15-,16?,17?,19+/m1/s1. The number of rotatable bonds is 7. The predicted molar refractivity (Wildman–Crippen MR) is 99.0 cm³/mol. The van der Waals surface area contributed by atoms with E-state index in [4.69, 9.17) is 9.47 Å². The zero-order chi connectivity index (χ0) is 20.3. The number of hydrogen-bond acceptors (Lipinski definition) is 9. The number of aliphatic hydroxyl groups excluding tert-OH is 3. The van der Waals surface area contributed by atoms with Crippen molar-refractivity contribution in [2.45, 2.75) is 43.7 Å². The van der Waals surface area contributed by atoms with Crippen LogP contribution in [0.1, 0.15) is 17.3 Å². The molecule has 2 saturated heterocycles. The summed E-state index contributed by atoms with van der Waals surface area (Å²) in [5.41, 5.74) is 0.360. The summed E-state index contributed by atoms with van der Waals surface area (Å²) in [7, 11) is 1.29. The molecule has 0 spiro atoms. The van der Waals surface area contributed by atoms with E-state index in [9.17, 15) is 20.1 Å². The second-order valence-electron chi connectivity index (χ2n) is 7.11. The molecule has 2 aliphatic heterocycles. The lowest BCUT2D eigenvalue weighted by Gasteiger charge is -2.43. The number of likely N-dealkylation sites (N-methyl/N-ethyl adjacent to an activating group) is 1. The van der Waals surface area contributed by atoms with E-state index in [1.165, 1.54) is 19.2 Å². The number of nitrogens with zero attached hydrogens (tertiary/aromatic N) is 1. The van der Waals surface area contributed by atoms with Crippen LogP contribution in [0.25, 0.3) is 0 Å². The van der Waals surface area contributed by atoms with Gasteiger partial charge in [0.05, 0.1) is 12.7 Å². The Bertz CT molecular complexity index is 650. The summed E-state index contributed by atoms with van der Waals surface area (Å²) in [6.45, 7) is 5.28. The van der Waals surface area contributed by atoms with Crippen molar-refractivity contribution in [3.8, 4) is 5.75 Å². The minimum absolute atomic E-state index is 0.310. The lowest BCUT2D eigenvalue weighted by molar-refractivity contribution is -0.271. The molecule has 4 N–H and O–H groups in total. The quantitative estimate of drug-likeness (QED) is 0.428. The van der Waals surface area contributed by atoms with Crippen molar-refractivity contribution in [1.29, 1.82) is 0 Å². The summed E-state index contributed by atoms with van der Waals surface area (Å²) in [6.07, 6.45) is -5.92. The lowest BCUT2D eigenvalue weighted by atomic mass is 9.98. The first-order valence-electron chi connectivity index (χ1n) is 9.43. The van der Waals surface area contributed by atoms with Gasteiger partial charge in [-0.05, 0) is 30.8 Å². The average Bonchev–Trinajstić information content (AvgIpc) is 2.68. The van der Waals surface area contributed by atoms with E-state index in [1.54, 1.807) is 12.1 Å². The van der Waals surface area contributed by atoms with Crippen molar-refractivity contribution in [2.75, 3.05) is 33.3 Å². The fourth-order valence-electron chi connectivity index (χ4n) is 3.34. The maximum atomic E-state index is 11.5. The minimum atomic E-state index is -1.41. The Kier molecular flexibility index (Phi) is 6.86. The van der Waals surface area contributed by atoms with Crippen LogP contribution in [0.15, 0.2) is 24.3 Å². The van der Waals surface area contributed by atoms with Crippen molar-refractivity contribution in [2.24, 2.45) is 0 Å². The van der Waals surface area contributed by atoms with Crippen LogP contribution in [0.3, 0.4) is 0 Å². The molecule has 1 aromatic carbocycles. The SMILES string of the molecule is CCN1CC(NCC2O[C@H](Oc3ccc(C(=O)OC)cc3)C(O)C(O)[C@@H]2O)C1. The third-order valence-corrected chi connectivity index (χ3v) is 5.21. The zero-order valence-corrected chi connectivity index (χ0v) is 16.0. The molecule has 0 aliphatic carbocycles. The topological polar surface area (TPSA) is 121 Å². The van der Waals surface area contributed by atoms with Crippen LogP contribution in [0.5, 0.6) is 5.75 Å². The largest absolute Gasteiger partial charge is 0.465 e. The first-order valence-corrected chi connectivity index (χ1v) is 9.43. The highest BCUT2D eigenvalue weighted by atomic mass is 16.7. The fraction of sp³-hybridized carbons (Fsp3) is 0.632. The van der Waals surface area contributed by atoms with E-state index in [-0.39, 0.29) is 0 Å². The highest BCUT2D eigenvalue weighted by Crippen LogP contribution is 2.25. The Hall–Kier alpha value is -1.75. The number of esters is 1. The van der Waals surface area contributed by atoms with Gasteiger partial charge in [-0.1, -0.05) is 6.92 Å². The smallest absolute Gasteiger partial charge is 0.337 e. The van der Waals surface area contributed by atoms with Crippen molar-refractivity contribution in [3.63, 3.8) is 0 Å². The van der Waals surface area contributed by atoms with Crippen molar-refractivity contribution in [1.82, 2.24) is 10.2 Å². The van der Waals surface area contributed by atoms with E-state index in [2.05, 4.69) is 21.9 Å². The molecular formula is C19H28N2O7. The fourth-order valence-corrected chi connectivity index (χ4v) is 3.34. The van der Waals surface area contributed by atoms with Gasteiger partial charge in [0.15, 0.2) is 0 Å². The van der Waals surface area contributed by atoms with Crippen LogP contribution < -0.4 is 10.1 Å². The second-order valence-corrected chi connectivity index (χ2v) is 7.11. The van der Waals surface area contributed by atoms with Crippen LogP contribution in [0.4, 0.5) is 0 Å². The first kappa shape index (κ1) is 21.0. The van der Waals surface area contributed by atoms with Gasteiger partial charge in [0.25, 0.3) is 0 Å². The van der Waals surface area contributed by atoms with E-state index in [0.717, 1.165) is 19.6 Å². The number of aliphatic hydroxyl groups is 3. The molecule has 0 amide bonds. The van der Waals surface area contributed by atoms with Gasteiger partial charge in [-0.25, -0.2) is 4.79 Å². The molecule has 1 aromatic rings. The van der Waals surface area contributed by atoms with E-state index in [1.807, 2.05) is 0 Å². The molecular weight excluding hydrogens is 368 g/mol. The number of carbonyl (C=O) groups is 1.